The molecule has 98 valence electrons. The second-order valence-electron chi connectivity index (χ2n) is 5.01. The largest absolute Gasteiger partial charge is 0.497 e. The third-order valence-corrected chi connectivity index (χ3v) is 3.82. The Bertz CT molecular complexity index is 540. The SMILES string of the molecule is COc1cc(OC)cc([C@@H]2C[C@@H]2c2ccccc2)c1. The molecule has 1 saturated carbocycles. The number of benzene rings is 2. The average Bonchev–Trinajstić information content (AvgIpc) is 3.28. The molecule has 0 bridgehead atoms. The molecule has 1 fully saturated rings. The van der Waals surface area contributed by atoms with E-state index in [4.69, 9.17) is 9.47 Å². The Labute approximate surface area is 114 Å². The minimum absolute atomic E-state index is 0.589. The van der Waals surface area contributed by atoms with E-state index in [1.165, 1.54) is 17.5 Å². The molecule has 0 saturated heterocycles. The summed E-state index contributed by atoms with van der Waals surface area (Å²) < 4.78 is 10.7. The molecule has 0 amide bonds. The molecule has 0 aliphatic heterocycles. The number of methoxy groups -OCH3 is 2. The van der Waals surface area contributed by atoms with Crippen LogP contribution in [0.2, 0.25) is 0 Å². The molecular formula is C17H18O2. The zero-order valence-corrected chi connectivity index (χ0v) is 11.3. The maximum absolute atomic E-state index is 5.34. The van der Waals surface area contributed by atoms with E-state index in [2.05, 4.69) is 42.5 Å². The maximum atomic E-state index is 5.34. The summed E-state index contributed by atoms with van der Waals surface area (Å²) in [5, 5.41) is 0. The van der Waals surface area contributed by atoms with Gasteiger partial charge in [0.15, 0.2) is 0 Å². The van der Waals surface area contributed by atoms with Crippen LogP contribution in [0.25, 0.3) is 0 Å². The lowest BCUT2D eigenvalue weighted by atomic mass is 10.0. The zero-order valence-electron chi connectivity index (χ0n) is 11.3. The number of rotatable bonds is 4. The Morgan fingerprint density at radius 1 is 0.789 bits per heavy atom. The number of hydrogen-bond acceptors (Lipinski definition) is 2. The van der Waals surface area contributed by atoms with Gasteiger partial charge in [-0.05, 0) is 41.5 Å². The van der Waals surface area contributed by atoms with Crippen LogP contribution in [0.5, 0.6) is 11.5 Å². The molecule has 1 aliphatic carbocycles. The first-order chi connectivity index (χ1) is 9.31. The Balaban J connectivity index is 1.85. The molecule has 0 aromatic heterocycles. The molecule has 19 heavy (non-hydrogen) atoms. The van der Waals surface area contributed by atoms with Gasteiger partial charge in [0.25, 0.3) is 0 Å². The third-order valence-electron chi connectivity index (χ3n) is 3.82. The third kappa shape index (κ3) is 2.43. The summed E-state index contributed by atoms with van der Waals surface area (Å²) in [6, 6.07) is 16.9. The van der Waals surface area contributed by atoms with Crippen molar-refractivity contribution in [2.75, 3.05) is 14.2 Å². The van der Waals surface area contributed by atoms with E-state index in [0.29, 0.717) is 11.8 Å². The van der Waals surface area contributed by atoms with E-state index in [9.17, 15) is 0 Å². The van der Waals surface area contributed by atoms with Crippen LogP contribution in [0, 0.1) is 0 Å². The van der Waals surface area contributed by atoms with Crippen molar-refractivity contribution < 1.29 is 9.47 Å². The molecule has 0 radical (unpaired) electrons. The van der Waals surface area contributed by atoms with Crippen LogP contribution in [0.15, 0.2) is 48.5 Å². The Morgan fingerprint density at radius 3 is 1.95 bits per heavy atom. The molecule has 2 atom stereocenters. The predicted molar refractivity (Wildman–Crippen MR) is 76.1 cm³/mol. The molecule has 2 heteroatoms. The molecule has 2 aromatic rings. The first-order valence-electron chi connectivity index (χ1n) is 6.59. The minimum Gasteiger partial charge on any atom is -0.497 e. The van der Waals surface area contributed by atoms with Crippen molar-refractivity contribution in [1.82, 2.24) is 0 Å². The van der Waals surface area contributed by atoms with Crippen LogP contribution < -0.4 is 9.47 Å². The first kappa shape index (κ1) is 12.1. The van der Waals surface area contributed by atoms with Gasteiger partial charge in [0.05, 0.1) is 14.2 Å². The highest BCUT2D eigenvalue weighted by molar-refractivity contribution is 5.44. The normalized spacial score (nSPS) is 20.9. The van der Waals surface area contributed by atoms with Crippen molar-refractivity contribution in [3.63, 3.8) is 0 Å². The van der Waals surface area contributed by atoms with Crippen molar-refractivity contribution in [1.29, 1.82) is 0 Å². The van der Waals surface area contributed by atoms with E-state index < -0.39 is 0 Å². The van der Waals surface area contributed by atoms with Crippen LogP contribution in [0.1, 0.15) is 29.4 Å². The van der Waals surface area contributed by atoms with E-state index in [0.717, 1.165) is 11.5 Å². The highest BCUT2D eigenvalue weighted by Crippen LogP contribution is 2.55. The average molecular weight is 254 g/mol. The van der Waals surface area contributed by atoms with Gasteiger partial charge in [-0.1, -0.05) is 30.3 Å². The summed E-state index contributed by atoms with van der Waals surface area (Å²) in [6.07, 6.45) is 1.21. The summed E-state index contributed by atoms with van der Waals surface area (Å²) in [5.41, 5.74) is 2.74. The molecule has 0 heterocycles. The van der Waals surface area contributed by atoms with Gasteiger partial charge in [-0.15, -0.1) is 0 Å². The van der Waals surface area contributed by atoms with Gasteiger partial charge in [0.1, 0.15) is 11.5 Å². The lowest BCUT2D eigenvalue weighted by Gasteiger charge is -2.08. The fraction of sp³-hybridized carbons (Fsp3) is 0.294. The monoisotopic (exact) mass is 254 g/mol. The standard InChI is InChI=1S/C17H18O2/c1-18-14-8-13(9-15(10-14)19-2)17-11-16(17)12-6-4-3-5-7-12/h3-10,16-17H,11H2,1-2H3/t16-,17+/m1/s1. The lowest BCUT2D eigenvalue weighted by molar-refractivity contribution is 0.393. The van der Waals surface area contributed by atoms with Crippen LogP contribution in [0.4, 0.5) is 0 Å². The van der Waals surface area contributed by atoms with Crippen LogP contribution >= 0.6 is 0 Å². The van der Waals surface area contributed by atoms with E-state index in [-0.39, 0.29) is 0 Å². The fourth-order valence-corrected chi connectivity index (χ4v) is 2.68. The highest BCUT2D eigenvalue weighted by atomic mass is 16.5. The second kappa shape index (κ2) is 4.96. The molecule has 2 nitrogen and oxygen atoms in total. The van der Waals surface area contributed by atoms with Gasteiger partial charge in [-0.3, -0.25) is 0 Å². The summed E-state index contributed by atoms with van der Waals surface area (Å²) in [4.78, 5) is 0. The Hall–Kier alpha value is -1.96. The van der Waals surface area contributed by atoms with Crippen molar-refractivity contribution in [2.24, 2.45) is 0 Å². The van der Waals surface area contributed by atoms with E-state index in [1.54, 1.807) is 14.2 Å². The summed E-state index contributed by atoms with van der Waals surface area (Å²) in [6.45, 7) is 0. The molecular weight excluding hydrogens is 236 g/mol. The first-order valence-corrected chi connectivity index (χ1v) is 6.59. The van der Waals surface area contributed by atoms with Gasteiger partial charge in [-0.2, -0.15) is 0 Å². The quantitative estimate of drug-likeness (QED) is 0.821. The zero-order chi connectivity index (χ0) is 13.2. The molecule has 0 spiro atoms. The molecule has 0 N–H and O–H groups in total. The second-order valence-corrected chi connectivity index (χ2v) is 5.01. The van der Waals surface area contributed by atoms with Gasteiger partial charge < -0.3 is 9.47 Å². The summed E-state index contributed by atoms with van der Waals surface area (Å²) in [5.74, 6) is 2.96. The Kier molecular flexibility index (Phi) is 3.16. The molecule has 1 aliphatic rings. The topological polar surface area (TPSA) is 18.5 Å². The fourth-order valence-electron chi connectivity index (χ4n) is 2.68. The van der Waals surface area contributed by atoms with Crippen LogP contribution in [-0.4, -0.2) is 14.2 Å². The number of ether oxygens (including phenoxy) is 2. The van der Waals surface area contributed by atoms with Gasteiger partial charge in [0, 0.05) is 6.07 Å². The summed E-state index contributed by atoms with van der Waals surface area (Å²) >= 11 is 0. The smallest absolute Gasteiger partial charge is 0.122 e. The highest BCUT2D eigenvalue weighted by Gasteiger charge is 2.39. The van der Waals surface area contributed by atoms with Gasteiger partial charge >= 0.3 is 0 Å². The van der Waals surface area contributed by atoms with Crippen molar-refractivity contribution >= 4 is 0 Å². The minimum atomic E-state index is 0.589. The predicted octanol–water partition coefficient (Wildman–Crippen LogP) is 3.97. The van der Waals surface area contributed by atoms with E-state index >= 15 is 0 Å². The van der Waals surface area contributed by atoms with E-state index in [1.807, 2.05) is 6.07 Å². The van der Waals surface area contributed by atoms with Crippen LogP contribution in [0.3, 0.4) is 0 Å². The molecule has 0 unspecified atom stereocenters. The number of hydrogen-bond donors (Lipinski definition) is 0. The van der Waals surface area contributed by atoms with Crippen molar-refractivity contribution in [3.05, 3.63) is 59.7 Å². The molecule has 3 rings (SSSR count). The lowest BCUT2D eigenvalue weighted by Crippen LogP contribution is -1.91. The van der Waals surface area contributed by atoms with Crippen molar-refractivity contribution in [2.45, 2.75) is 18.3 Å². The maximum Gasteiger partial charge on any atom is 0.122 e. The summed E-state index contributed by atoms with van der Waals surface area (Å²) in [7, 11) is 3.39. The van der Waals surface area contributed by atoms with Crippen molar-refractivity contribution in [3.8, 4) is 11.5 Å². The Morgan fingerprint density at radius 2 is 1.37 bits per heavy atom. The molecule has 2 aromatic carbocycles. The van der Waals surface area contributed by atoms with Crippen LogP contribution in [-0.2, 0) is 0 Å². The van der Waals surface area contributed by atoms with Gasteiger partial charge in [-0.25, -0.2) is 0 Å². The van der Waals surface area contributed by atoms with Gasteiger partial charge in [0.2, 0.25) is 0 Å².